The molecule has 1 aromatic carbocycles. The number of alkyl halides is 3. The van der Waals surface area contributed by atoms with Gasteiger partial charge in [0.05, 0.1) is 12.6 Å². The van der Waals surface area contributed by atoms with Crippen LogP contribution in [0.15, 0.2) is 18.2 Å². The smallest absolute Gasteiger partial charge is 0.310 e. The lowest BCUT2D eigenvalue weighted by molar-refractivity contribution is -0.156. The molecule has 0 spiro atoms. The quantitative estimate of drug-likeness (QED) is 0.785. The standard InChI is InChI=1S/C13H10F4N2O/c14-10-3-1-8-2-4-12(20)19(11(8)5-10)7-9(6-18)13(15,16)17/h1,3,5,9H,2,4,7H2. The first-order chi connectivity index (χ1) is 9.32. The monoisotopic (exact) mass is 286 g/mol. The number of aryl methyl sites for hydroxylation is 1. The molecular weight excluding hydrogens is 276 g/mol. The van der Waals surface area contributed by atoms with Gasteiger partial charge < -0.3 is 4.90 Å². The summed E-state index contributed by atoms with van der Waals surface area (Å²) in [4.78, 5) is 12.6. The first-order valence-electron chi connectivity index (χ1n) is 5.88. The summed E-state index contributed by atoms with van der Waals surface area (Å²) in [6, 6.07) is 4.80. The molecule has 2 rings (SSSR count). The SMILES string of the molecule is N#CC(CN1C(=O)CCc2ccc(F)cc21)C(F)(F)F. The fraction of sp³-hybridized carbons (Fsp3) is 0.385. The molecule has 1 unspecified atom stereocenters. The van der Waals surface area contributed by atoms with Gasteiger partial charge >= 0.3 is 6.18 Å². The summed E-state index contributed by atoms with van der Waals surface area (Å²) in [6.45, 7) is -0.810. The zero-order chi connectivity index (χ0) is 14.9. The van der Waals surface area contributed by atoms with Gasteiger partial charge in [-0.05, 0) is 24.1 Å². The van der Waals surface area contributed by atoms with Gasteiger partial charge in [-0.3, -0.25) is 4.79 Å². The molecule has 20 heavy (non-hydrogen) atoms. The topological polar surface area (TPSA) is 44.1 Å². The fourth-order valence-corrected chi connectivity index (χ4v) is 2.11. The second-order valence-electron chi connectivity index (χ2n) is 4.50. The Hall–Kier alpha value is -2.10. The van der Waals surface area contributed by atoms with Crippen molar-refractivity contribution in [3.05, 3.63) is 29.6 Å². The van der Waals surface area contributed by atoms with Gasteiger partial charge in [-0.1, -0.05) is 6.07 Å². The molecule has 1 aliphatic heterocycles. The second kappa shape index (κ2) is 5.12. The zero-order valence-corrected chi connectivity index (χ0v) is 10.2. The molecule has 0 radical (unpaired) electrons. The maximum atomic E-state index is 13.2. The molecule has 0 aliphatic carbocycles. The second-order valence-corrected chi connectivity index (χ2v) is 4.50. The molecule has 1 aromatic rings. The Morgan fingerprint density at radius 2 is 2.05 bits per heavy atom. The summed E-state index contributed by atoms with van der Waals surface area (Å²) >= 11 is 0. The predicted octanol–water partition coefficient (Wildman–Crippen LogP) is 2.81. The average molecular weight is 286 g/mol. The van der Waals surface area contributed by atoms with Crippen molar-refractivity contribution in [3.63, 3.8) is 0 Å². The average Bonchev–Trinajstić information content (AvgIpc) is 2.36. The molecule has 1 aliphatic rings. The minimum absolute atomic E-state index is 0.0502. The minimum Gasteiger partial charge on any atom is -0.310 e. The Balaban J connectivity index is 2.35. The van der Waals surface area contributed by atoms with Crippen LogP contribution in [0.25, 0.3) is 0 Å². The maximum Gasteiger partial charge on any atom is 0.406 e. The van der Waals surface area contributed by atoms with Crippen LogP contribution < -0.4 is 4.90 Å². The Bertz CT molecular complexity index is 577. The summed E-state index contributed by atoms with van der Waals surface area (Å²) in [5.41, 5.74) is 0.718. The third-order valence-corrected chi connectivity index (χ3v) is 3.16. The Morgan fingerprint density at radius 3 is 2.65 bits per heavy atom. The van der Waals surface area contributed by atoms with Gasteiger partial charge in [-0.25, -0.2) is 4.39 Å². The van der Waals surface area contributed by atoms with E-state index in [0.717, 1.165) is 17.0 Å². The van der Waals surface area contributed by atoms with Crippen LogP contribution in [-0.2, 0) is 11.2 Å². The highest BCUT2D eigenvalue weighted by molar-refractivity contribution is 5.96. The number of amides is 1. The summed E-state index contributed by atoms with van der Waals surface area (Å²) < 4.78 is 51.1. The van der Waals surface area contributed by atoms with E-state index in [1.165, 1.54) is 12.1 Å². The Morgan fingerprint density at radius 1 is 1.35 bits per heavy atom. The minimum atomic E-state index is -4.72. The fourth-order valence-electron chi connectivity index (χ4n) is 2.11. The molecule has 3 nitrogen and oxygen atoms in total. The number of carbonyl (C=O) groups excluding carboxylic acids is 1. The predicted molar refractivity (Wildman–Crippen MR) is 62.2 cm³/mol. The van der Waals surface area contributed by atoms with E-state index in [4.69, 9.17) is 5.26 Å². The van der Waals surface area contributed by atoms with Gasteiger partial charge in [0.15, 0.2) is 5.92 Å². The maximum absolute atomic E-state index is 13.2. The van der Waals surface area contributed by atoms with Gasteiger partial charge in [0.1, 0.15) is 5.82 Å². The van der Waals surface area contributed by atoms with Crippen LogP contribution in [0.3, 0.4) is 0 Å². The molecule has 0 saturated carbocycles. The number of benzene rings is 1. The van der Waals surface area contributed by atoms with E-state index in [9.17, 15) is 22.4 Å². The van der Waals surface area contributed by atoms with Crippen molar-refractivity contribution in [1.29, 1.82) is 5.26 Å². The molecule has 0 aromatic heterocycles. The Labute approximate surface area is 112 Å². The van der Waals surface area contributed by atoms with Gasteiger partial charge in [-0.15, -0.1) is 0 Å². The van der Waals surface area contributed by atoms with Crippen molar-refractivity contribution in [2.24, 2.45) is 5.92 Å². The number of carbonyl (C=O) groups is 1. The molecule has 7 heteroatoms. The number of rotatable bonds is 2. The largest absolute Gasteiger partial charge is 0.406 e. The first-order valence-corrected chi connectivity index (χ1v) is 5.88. The highest BCUT2D eigenvalue weighted by atomic mass is 19.4. The summed E-state index contributed by atoms with van der Waals surface area (Å²) in [5, 5.41) is 8.60. The molecule has 0 saturated heterocycles. The van der Waals surface area contributed by atoms with Gasteiger partial charge in [-0.2, -0.15) is 18.4 Å². The number of nitrogens with zero attached hydrogens (tertiary/aromatic N) is 2. The van der Waals surface area contributed by atoms with Crippen molar-refractivity contribution < 1.29 is 22.4 Å². The van der Waals surface area contributed by atoms with E-state index in [2.05, 4.69) is 0 Å². The third kappa shape index (κ3) is 2.74. The first kappa shape index (κ1) is 14.3. The highest BCUT2D eigenvalue weighted by Gasteiger charge is 2.42. The van der Waals surface area contributed by atoms with Crippen LogP contribution in [0.4, 0.5) is 23.2 Å². The van der Waals surface area contributed by atoms with Crippen LogP contribution in [-0.4, -0.2) is 18.6 Å². The van der Waals surface area contributed by atoms with E-state index in [-0.39, 0.29) is 12.1 Å². The van der Waals surface area contributed by atoms with Crippen molar-refractivity contribution in [3.8, 4) is 6.07 Å². The molecule has 1 amide bonds. The van der Waals surface area contributed by atoms with Crippen molar-refractivity contribution >= 4 is 11.6 Å². The molecule has 0 bridgehead atoms. The van der Waals surface area contributed by atoms with E-state index in [1.807, 2.05) is 0 Å². The van der Waals surface area contributed by atoms with Crippen molar-refractivity contribution in [2.45, 2.75) is 19.0 Å². The molecule has 1 heterocycles. The van der Waals surface area contributed by atoms with E-state index >= 15 is 0 Å². The number of halogens is 4. The van der Waals surface area contributed by atoms with E-state index in [0.29, 0.717) is 12.0 Å². The molecule has 106 valence electrons. The van der Waals surface area contributed by atoms with Crippen LogP contribution in [0, 0.1) is 23.1 Å². The lowest BCUT2D eigenvalue weighted by atomic mass is 9.99. The van der Waals surface area contributed by atoms with Gasteiger partial charge in [0, 0.05) is 12.1 Å². The van der Waals surface area contributed by atoms with Crippen molar-refractivity contribution in [1.82, 2.24) is 0 Å². The Kier molecular flexibility index (Phi) is 3.66. The number of hydrogen-bond acceptors (Lipinski definition) is 2. The third-order valence-electron chi connectivity index (χ3n) is 3.16. The van der Waals surface area contributed by atoms with E-state index in [1.54, 1.807) is 0 Å². The number of fused-ring (bicyclic) bond motifs is 1. The summed E-state index contributed by atoms with van der Waals surface area (Å²) in [7, 11) is 0. The molecular formula is C13H10F4N2O. The van der Waals surface area contributed by atoms with Crippen LogP contribution in [0.2, 0.25) is 0 Å². The van der Waals surface area contributed by atoms with Crippen LogP contribution in [0.5, 0.6) is 0 Å². The zero-order valence-electron chi connectivity index (χ0n) is 10.2. The van der Waals surface area contributed by atoms with Crippen molar-refractivity contribution in [2.75, 3.05) is 11.4 Å². The lowest BCUT2D eigenvalue weighted by Gasteiger charge is -2.31. The summed E-state index contributed by atoms with van der Waals surface area (Å²) in [6.07, 6.45) is -4.32. The number of hydrogen-bond donors (Lipinski definition) is 0. The normalized spacial score (nSPS) is 16.6. The lowest BCUT2D eigenvalue weighted by Crippen LogP contribution is -2.42. The highest BCUT2D eigenvalue weighted by Crippen LogP contribution is 2.33. The van der Waals surface area contributed by atoms with Crippen LogP contribution in [0.1, 0.15) is 12.0 Å². The molecule has 1 atom stereocenters. The summed E-state index contributed by atoms with van der Waals surface area (Å²) in [5.74, 6) is -3.46. The van der Waals surface area contributed by atoms with Gasteiger partial charge in [0.2, 0.25) is 5.91 Å². The molecule has 0 fully saturated rings. The number of anilines is 1. The number of nitriles is 1. The van der Waals surface area contributed by atoms with E-state index < -0.39 is 30.4 Å². The van der Waals surface area contributed by atoms with Crippen LogP contribution >= 0.6 is 0 Å². The molecule has 0 N–H and O–H groups in total. The van der Waals surface area contributed by atoms with Gasteiger partial charge in [0.25, 0.3) is 0 Å².